The lowest BCUT2D eigenvalue weighted by Gasteiger charge is -2.03. The molecule has 29 heavy (non-hydrogen) atoms. The summed E-state index contributed by atoms with van der Waals surface area (Å²) in [5, 5.41) is 23.7. The Morgan fingerprint density at radius 2 is 2.00 bits per heavy atom. The monoisotopic (exact) mass is 400 g/mol. The maximum atomic E-state index is 11.5. The number of nitrogens with zero attached hydrogens (tertiary/aromatic N) is 4. The van der Waals surface area contributed by atoms with Gasteiger partial charge in [-0.3, -0.25) is 9.48 Å². The standard InChI is InChI=1S/C22H16N4O2S/c1-26-13-17(21(25-26)15-8-6-14(12-23)7-9-15)10-16(11-20(27)28)22-24-18-4-2-3-5-19(18)29-22/h2-10,13H,11H2,1H3,(H,27,28)/b16-10+. The third kappa shape index (κ3) is 3.93. The molecule has 2 aromatic heterocycles. The first-order valence-electron chi connectivity index (χ1n) is 8.86. The van der Waals surface area contributed by atoms with Crippen molar-refractivity contribution in [1.29, 1.82) is 5.26 Å². The fourth-order valence-corrected chi connectivity index (χ4v) is 4.07. The maximum Gasteiger partial charge on any atom is 0.307 e. The number of rotatable bonds is 5. The zero-order valence-corrected chi connectivity index (χ0v) is 16.3. The average Bonchev–Trinajstić information content (AvgIpc) is 3.30. The molecule has 1 N–H and O–H groups in total. The van der Waals surface area contributed by atoms with Crippen LogP contribution in [0.1, 0.15) is 22.6 Å². The largest absolute Gasteiger partial charge is 0.481 e. The summed E-state index contributed by atoms with van der Waals surface area (Å²) >= 11 is 1.47. The number of hydrogen-bond donors (Lipinski definition) is 1. The van der Waals surface area contributed by atoms with Crippen LogP contribution in [0.3, 0.4) is 0 Å². The topological polar surface area (TPSA) is 91.8 Å². The van der Waals surface area contributed by atoms with E-state index in [1.54, 1.807) is 16.8 Å². The molecular formula is C22H16N4O2S. The van der Waals surface area contributed by atoms with E-state index in [4.69, 9.17) is 5.26 Å². The highest BCUT2D eigenvalue weighted by Gasteiger charge is 2.15. The predicted octanol–water partition coefficient (Wildman–Crippen LogP) is 4.58. The van der Waals surface area contributed by atoms with Gasteiger partial charge in [-0.2, -0.15) is 10.4 Å². The summed E-state index contributed by atoms with van der Waals surface area (Å²) in [5.74, 6) is -0.917. The number of benzene rings is 2. The number of carboxylic acids is 1. The Morgan fingerprint density at radius 3 is 2.69 bits per heavy atom. The summed E-state index contributed by atoms with van der Waals surface area (Å²) in [5.41, 5.74) is 4.43. The number of carboxylic acid groups (broad SMARTS) is 1. The number of hydrogen-bond acceptors (Lipinski definition) is 5. The van der Waals surface area contributed by atoms with Gasteiger partial charge in [0.05, 0.1) is 34.0 Å². The molecule has 0 aliphatic rings. The Morgan fingerprint density at radius 1 is 1.24 bits per heavy atom. The Labute approximate surface area is 171 Å². The van der Waals surface area contributed by atoms with Crippen LogP contribution in [-0.4, -0.2) is 25.8 Å². The number of fused-ring (bicyclic) bond motifs is 1. The number of carbonyl (C=O) groups is 1. The van der Waals surface area contributed by atoms with Crippen molar-refractivity contribution >= 4 is 39.2 Å². The van der Waals surface area contributed by atoms with Crippen molar-refractivity contribution in [2.75, 3.05) is 0 Å². The van der Waals surface area contributed by atoms with Gasteiger partial charge in [-0.25, -0.2) is 4.98 Å². The predicted molar refractivity (Wildman–Crippen MR) is 113 cm³/mol. The van der Waals surface area contributed by atoms with Crippen LogP contribution < -0.4 is 0 Å². The van der Waals surface area contributed by atoms with Crippen LogP contribution in [0.15, 0.2) is 54.7 Å². The fourth-order valence-electron chi connectivity index (χ4n) is 3.09. The lowest BCUT2D eigenvalue weighted by Crippen LogP contribution is -1.97. The van der Waals surface area contributed by atoms with Gasteiger partial charge in [0.25, 0.3) is 0 Å². The third-order valence-electron chi connectivity index (χ3n) is 4.38. The molecule has 7 heteroatoms. The number of aromatic nitrogens is 3. The molecule has 0 unspecified atom stereocenters. The summed E-state index contributed by atoms with van der Waals surface area (Å²) in [4.78, 5) is 16.1. The fraction of sp³-hybridized carbons (Fsp3) is 0.0909. The van der Waals surface area contributed by atoms with Crippen LogP contribution in [0.2, 0.25) is 0 Å². The van der Waals surface area contributed by atoms with Crippen molar-refractivity contribution < 1.29 is 9.90 Å². The van der Waals surface area contributed by atoms with Crippen LogP contribution in [0.4, 0.5) is 0 Å². The molecule has 0 aliphatic heterocycles. The van der Waals surface area contributed by atoms with E-state index >= 15 is 0 Å². The molecule has 0 spiro atoms. The zero-order valence-electron chi connectivity index (χ0n) is 15.5. The lowest BCUT2D eigenvalue weighted by atomic mass is 10.0. The van der Waals surface area contributed by atoms with Gasteiger partial charge in [-0.1, -0.05) is 24.3 Å². The minimum absolute atomic E-state index is 0.137. The van der Waals surface area contributed by atoms with Gasteiger partial charge in [0.1, 0.15) is 5.01 Å². The molecule has 0 saturated carbocycles. The SMILES string of the molecule is Cn1cc(/C=C(\CC(=O)O)c2nc3ccccc3s2)c(-c2ccc(C#N)cc2)n1. The van der Waals surface area contributed by atoms with Crippen molar-refractivity contribution in [1.82, 2.24) is 14.8 Å². The Hall–Kier alpha value is -3.76. The molecule has 2 heterocycles. The van der Waals surface area contributed by atoms with E-state index in [2.05, 4.69) is 16.2 Å². The third-order valence-corrected chi connectivity index (χ3v) is 5.50. The van der Waals surface area contributed by atoms with Gasteiger partial charge in [-0.15, -0.1) is 11.3 Å². The second-order valence-corrected chi connectivity index (χ2v) is 7.55. The number of nitriles is 1. The highest BCUT2D eigenvalue weighted by Crippen LogP contribution is 2.32. The Balaban J connectivity index is 1.82. The number of aryl methyl sites for hydroxylation is 1. The summed E-state index contributed by atoms with van der Waals surface area (Å²) in [6.45, 7) is 0. The molecule has 0 saturated heterocycles. The first kappa shape index (κ1) is 18.6. The zero-order chi connectivity index (χ0) is 20.4. The highest BCUT2D eigenvalue weighted by molar-refractivity contribution is 7.19. The molecule has 0 fully saturated rings. The molecule has 4 aromatic rings. The van der Waals surface area contributed by atoms with E-state index in [1.807, 2.05) is 55.7 Å². The first-order chi connectivity index (χ1) is 14.0. The Kier molecular flexibility index (Phi) is 4.94. The quantitative estimate of drug-likeness (QED) is 0.529. The molecular weight excluding hydrogens is 384 g/mol. The first-order valence-corrected chi connectivity index (χ1v) is 9.67. The second kappa shape index (κ2) is 7.70. The van der Waals surface area contributed by atoms with E-state index in [0.717, 1.165) is 27.0 Å². The van der Waals surface area contributed by atoms with Crippen molar-refractivity contribution in [2.45, 2.75) is 6.42 Å². The molecule has 0 amide bonds. The van der Waals surface area contributed by atoms with E-state index < -0.39 is 5.97 Å². The van der Waals surface area contributed by atoms with Gasteiger partial charge < -0.3 is 5.11 Å². The van der Waals surface area contributed by atoms with Crippen LogP contribution in [-0.2, 0) is 11.8 Å². The molecule has 4 rings (SSSR count). The number of aliphatic carboxylic acids is 1. The lowest BCUT2D eigenvalue weighted by molar-refractivity contribution is -0.135. The summed E-state index contributed by atoms with van der Waals surface area (Å²) in [6.07, 6.45) is 3.55. The molecule has 0 bridgehead atoms. The smallest absolute Gasteiger partial charge is 0.307 e. The second-order valence-electron chi connectivity index (χ2n) is 6.52. The summed E-state index contributed by atoms with van der Waals surface area (Å²) < 4.78 is 2.70. The van der Waals surface area contributed by atoms with Crippen molar-refractivity contribution in [3.05, 3.63) is 70.9 Å². The number of para-hydroxylation sites is 1. The van der Waals surface area contributed by atoms with Crippen LogP contribution >= 0.6 is 11.3 Å². The van der Waals surface area contributed by atoms with E-state index in [9.17, 15) is 9.90 Å². The molecule has 0 aliphatic carbocycles. The number of thiazole rings is 1. The molecule has 0 atom stereocenters. The van der Waals surface area contributed by atoms with Crippen molar-refractivity contribution in [3.8, 4) is 17.3 Å². The van der Waals surface area contributed by atoms with Gasteiger partial charge in [0.2, 0.25) is 0 Å². The van der Waals surface area contributed by atoms with Gasteiger partial charge >= 0.3 is 5.97 Å². The minimum atomic E-state index is -0.917. The minimum Gasteiger partial charge on any atom is -0.481 e. The van der Waals surface area contributed by atoms with Crippen molar-refractivity contribution in [3.63, 3.8) is 0 Å². The molecule has 142 valence electrons. The van der Waals surface area contributed by atoms with E-state index in [-0.39, 0.29) is 6.42 Å². The molecule has 6 nitrogen and oxygen atoms in total. The van der Waals surface area contributed by atoms with Crippen LogP contribution in [0.25, 0.3) is 33.1 Å². The van der Waals surface area contributed by atoms with Gasteiger partial charge in [0.15, 0.2) is 0 Å². The summed E-state index contributed by atoms with van der Waals surface area (Å²) in [7, 11) is 1.82. The molecule has 2 aromatic carbocycles. The van der Waals surface area contributed by atoms with Crippen LogP contribution in [0.5, 0.6) is 0 Å². The maximum absolute atomic E-state index is 11.5. The van der Waals surface area contributed by atoms with E-state index in [1.165, 1.54) is 11.3 Å². The average molecular weight is 400 g/mol. The van der Waals surface area contributed by atoms with Gasteiger partial charge in [0, 0.05) is 24.4 Å². The molecule has 0 radical (unpaired) electrons. The Bertz CT molecular complexity index is 1240. The van der Waals surface area contributed by atoms with Crippen molar-refractivity contribution in [2.24, 2.45) is 7.05 Å². The summed E-state index contributed by atoms with van der Waals surface area (Å²) in [6, 6.07) is 17.0. The van der Waals surface area contributed by atoms with E-state index in [0.29, 0.717) is 16.1 Å². The highest BCUT2D eigenvalue weighted by atomic mass is 32.1. The van der Waals surface area contributed by atoms with Gasteiger partial charge in [-0.05, 0) is 35.9 Å². The van der Waals surface area contributed by atoms with Crippen LogP contribution in [0, 0.1) is 11.3 Å². The normalized spacial score (nSPS) is 11.5.